The molecule has 1 rings (SSSR count). The highest BCUT2D eigenvalue weighted by molar-refractivity contribution is 7.73. The van der Waals surface area contributed by atoms with Gasteiger partial charge in [0, 0.05) is 0 Å². The molecule has 0 bridgehead atoms. The summed E-state index contributed by atoms with van der Waals surface area (Å²) in [5.41, 5.74) is 0. The number of hydrogen-bond acceptors (Lipinski definition) is 2. The van der Waals surface area contributed by atoms with Crippen molar-refractivity contribution in [2.45, 2.75) is 19.3 Å². The highest BCUT2D eigenvalue weighted by Gasteiger charge is 1.95. The van der Waals surface area contributed by atoms with Crippen molar-refractivity contribution in [3.63, 3.8) is 0 Å². The van der Waals surface area contributed by atoms with Gasteiger partial charge in [0.05, 0.1) is 0 Å². The molecule has 0 aromatic rings. The van der Waals surface area contributed by atoms with Crippen LogP contribution in [0.3, 0.4) is 0 Å². The summed E-state index contributed by atoms with van der Waals surface area (Å²) in [5.74, 6) is 0. The summed E-state index contributed by atoms with van der Waals surface area (Å²) in [4.78, 5) is 0. The first-order chi connectivity index (χ1) is 3.23. The largest absolute Gasteiger partial charge is 0.746 e. The van der Waals surface area contributed by atoms with E-state index in [9.17, 15) is 3.89 Å². The lowest BCUT2D eigenvalue weighted by molar-refractivity contribution is 0.493. The standard InChI is InChI=1S/C3H6.FHO2S/c1-2-3-1;1-4(2)3/h1-3H2;(H,2,3)/p-1. The third-order valence-electron chi connectivity index (χ3n) is 0.354. The Hall–Kier alpha value is 0.0400. The zero-order valence-electron chi connectivity index (χ0n) is 3.72. The van der Waals surface area contributed by atoms with Gasteiger partial charge in [-0.1, -0.05) is 19.3 Å². The Labute approximate surface area is 44.3 Å². The van der Waals surface area contributed by atoms with Crippen molar-refractivity contribution >= 4 is 11.5 Å². The van der Waals surface area contributed by atoms with Gasteiger partial charge in [0.1, 0.15) is 11.5 Å². The highest BCUT2D eigenvalue weighted by atomic mass is 32.2. The average molecular weight is 125 g/mol. The zero-order valence-corrected chi connectivity index (χ0v) is 4.54. The van der Waals surface area contributed by atoms with Gasteiger partial charge in [0.15, 0.2) is 0 Å². The lowest BCUT2D eigenvalue weighted by Gasteiger charge is -1.78. The van der Waals surface area contributed by atoms with Gasteiger partial charge in [-0.25, -0.2) is 4.21 Å². The maximum atomic E-state index is 9.92. The molecule has 7 heavy (non-hydrogen) atoms. The molecule has 1 aliphatic carbocycles. The summed E-state index contributed by atoms with van der Waals surface area (Å²) in [5, 5.41) is 0. The summed E-state index contributed by atoms with van der Waals surface area (Å²) < 4.78 is 26.6. The molecule has 0 spiro atoms. The Morgan fingerprint density at radius 3 is 1.57 bits per heavy atom. The lowest BCUT2D eigenvalue weighted by atomic mass is 11.0. The molecule has 1 saturated carbocycles. The van der Waals surface area contributed by atoms with E-state index in [1.807, 2.05) is 0 Å². The Morgan fingerprint density at radius 1 is 1.43 bits per heavy atom. The van der Waals surface area contributed by atoms with E-state index in [1.165, 1.54) is 19.3 Å². The Balaban J connectivity index is 0.000000105. The van der Waals surface area contributed by atoms with E-state index in [1.54, 1.807) is 0 Å². The van der Waals surface area contributed by atoms with Crippen LogP contribution in [0.25, 0.3) is 0 Å². The molecule has 4 heteroatoms. The van der Waals surface area contributed by atoms with Crippen LogP contribution in [0.4, 0.5) is 3.89 Å². The van der Waals surface area contributed by atoms with Gasteiger partial charge in [-0.3, -0.25) is 0 Å². The van der Waals surface area contributed by atoms with Crippen LogP contribution in [0.1, 0.15) is 19.3 Å². The van der Waals surface area contributed by atoms with Gasteiger partial charge >= 0.3 is 0 Å². The Kier molecular flexibility index (Phi) is 4.23. The van der Waals surface area contributed by atoms with E-state index < -0.39 is 11.5 Å². The van der Waals surface area contributed by atoms with Crippen LogP contribution < -0.4 is 0 Å². The van der Waals surface area contributed by atoms with Crippen LogP contribution in [-0.2, 0) is 11.5 Å². The van der Waals surface area contributed by atoms with Crippen molar-refractivity contribution in [3.05, 3.63) is 0 Å². The number of halogens is 1. The van der Waals surface area contributed by atoms with E-state index in [2.05, 4.69) is 0 Å². The fourth-order valence-corrected chi connectivity index (χ4v) is 0. The minimum atomic E-state index is -3.36. The normalized spacial score (nSPS) is 19.1. The van der Waals surface area contributed by atoms with Crippen molar-refractivity contribution in [2.24, 2.45) is 0 Å². The molecule has 0 radical (unpaired) electrons. The van der Waals surface area contributed by atoms with Gasteiger partial charge < -0.3 is 4.55 Å². The first-order valence-corrected chi connectivity index (χ1v) is 2.96. The van der Waals surface area contributed by atoms with Gasteiger partial charge in [-0.15, -0.1) is 3.89 Å². The average Bonchev–Trinajstić information content (AvgIpc) is 2.02. The van der Waals surface area contributed by atoms with E-state index in [0.717, 1.165) is 0 Å². The molecule has 2 nitrogen and oxygen atoms in total. The van der Waals surface area contributed by atoms with E-state index in [-0.39, 0.29) is 0 Å². The minimum absolute atomic E-state index is 1.50. The molecule has 1 fully saturated rings. The second-order valence-corrected chi connectivity index (χ2v) is 1.64. The molecule has 44 valence electrons. The molecule has 0 heterocycles. The van der Waals surface area contributed by atoms with Crippen molar-refractivity contribution in [2.75, 3.05) is 0 Å². The molecule has 1 aliphatic rings. The number of hydrogen-bond donors (Lipinski definition) is 0. The summed E-state index contributed by atoms with van der Waals surface area (Å²) in [6, 6.07) is 0. The third-order valence-corrected chi connectivity index (χ3v) is 0.354. The fourth-order valence-electron chi connectivity index (χ4n) is 0. The van der Waals surface area contributed by atoms with Gasteiger partial charge in [0.25, 0.3) is 0 Å². The second kappa shape index (κ2) is 4.21. The van der Waals surface area contributed by atoms with Crippen molar-refractivity contribution < 1.29 is 12.6 Å². The van der Waals surface area contributed by atoms with E-state index >= 15 is 0 Å². The molecule has 1 unspecified atom stereocenters. The highest BCUT2D eigenvalue weighted by Crippen LogP contribution is 2.14. The summed E-state index contributed by atoms with van der Waals surface area (Å²) in [6.07, 6.45) is 4.50. The third kappa shape index (κ3) is 91.1. The Bertz CT molecular complexity index is 57.2. The first kappa shape index (κ1) is 7.04. The van der Waals surface area contributed by atoms with Crippen LogP contribution in [0.2, 0.25) is 0 Å². The summed E-state index contributed by atoms with van der Waals surface area (Å²) in [6.45, 7) is 0. The predicted octanol–water partition coefficient (Wildman–Crippen LogP) is 0.920. The van der Waals surface area contributed by atoms with E-state index in [0.29, 0.717) is 0 Å². The van der Waals surface area contributed by atoms with Crippen molar-refractivity contribution in [1.82, 2.24) is 0 Å². The molecule has 0 saturated heterocycles. The lowest BCUT2D eigenvalue weighted by Crippen LogP contribution is -1.64. The summed E-state index contributed by atoms with van der Waals surface area (Å²) in [7, 11) is 0. The first-order valence-electron chi connectivity index (χ1n) is 1.99. The molecule has 0 aliphatic heterocycles. The number of rotatable bonds is 0. The molecular weight excluding hydrogens is 119 g/mol. The smallest absolute Gasteiger partial charge is 0.132 e. The quantitative estimate of drug-likeness (QED) is 0.357. The van der Waals surface area contributed by atoms with E-state index in [4.69, 9.17) is 8.76 Å². The molecule has 0 N–H and O–H groups in total. The molecule has 0 aromatic heterocycles. The topological polar surface area (TPSA) is 40.1 Å². The van der Waals surface area contributed by atoms with Crippen LogP contribution in [-0.4, -0.2) is 8.76 Å². The van der Waals surface area contributed by atoms with Crippen molar-refractivity contribution in [1.29, 1.82) is 0 Å². The molecule has 1 atom stereocenters. The fraction of sp³-hybridized carbons (Fsp3) is 1.00. The van der Waals surface area contributed by atoms with Gasteiger partial charge in [-0.2, -0.15) is 0 Å². The maximum absolute atomic E-state index is 9.92. The van der Waals surface area contributed by atoms with Crippen LogP contribution >= 0.6 is 0 Å². The SMILES string of the molecule is C1CC1.O=S([O-])F. The van der Waals surface area contributed by atoms with Gasteiger partial charge in [0.2, 0.25) is 0 Å². The molecular formula is C3H6FO2S-. The van der Waals surface area contributed by atoms with Crippen LogP contribution in [0.5, 0.6) is 0 Å². The minimum Gasteiger partial charge on any atom is -0.746 e. The predicted molar refractivity (Wildman–Crippen MR) is 23.9 cm³/mol. The Morgan fingerprint density at radius 2 is 1.57 bits per heavy atom. The second-order valence-electron chi connectivity index (χ2n) is 1.25. The van der Waals surface area contributed by atoms with Crippen LogP contribution in [0.15, 0.2) is 0 Å². The molecule has 0 aromatic carbocycles. The molecule has 0 amide bonds. The van der Waals surface area contributed by atoms with Gasteiger partial charge in [-0.05, 0) is 0 Å². The van der Waals surface area contributed by atoms with Crippen LogP contribution in [0, 0.1) is 0 Å². The summed E-state index contributed by atoms with van der Waals surface area (Å²) >= 11 is -3.36. The maximum Gasteiger partial charge on any atom is 0.132 e. The zero-order chi connectivity index (χ0) is 5.70. The monoisotopic (exact) mass is 125 g/mol. The van der Waals surface area contributed by atoms with Crippen molar-refractivity contribution in [3.8, 4) is 0 Å².